The number of amides is 1. The maximum atomic E-state index is 12.8. The van der Waals surface area contributed by atoms with Crippen molar-refractivity contribution in [2.75, 3.05) is 36.4 Å². The van der Waals surface area contributed by atoms with Gasteiger partial charge in [0.2, 0.25) is 0 Å². The van der Waals surface area contributed by atoms with E-state index in [1.807, 2.05) is 6.07 Å². The summed E-state index contributed by atoms with van der Waals surface area (Å²) in [4.78, 5) is 24.9. The molecule has 4 rings (SSSR count). The highest BCUT2D eigenvalue weighted by Crippen LogP contribution is 2.26. The van der Waals surface area contributed by atoms with Gasteiger partial charge in [-0.05, 0) is 13.0 Å². The summed E-state index contributed by atoms with van der Waals surface area (Å²) in [5.74, 6) is 0.451. The second kappa shape index (κ2) is 7.30. The molecule has 27 heavy (non-hydrogen) atoms. The van der Waals surface area contributed by atoms with Crippen molar-refractivity contribution in [3.8, 4) is 6.07 Å². The van der Waals surface area contributed by atoms with Gasteiger partial charge >= 0.3 is 0 Å². The molecule has 1 fully saturated rings. The van der Waals surface area contributed by atoms with E-state index in [1.54, 1.807) is 24.8 Å². The fourth-order valence-electron chi connectivity index (χ4n) is 3.04. The van der Waals surface area contributed by atoms with Crippen LogP contribution < -0.4 is 15.5 Å². The summed E-state index contributed by atoms with van der Waals surface area (Å²) in [6.07, 6.45) is 4.40. The van der Waals surface area contributed by atoms with E-state index in [0.717, 1.165) is 38.4 Å². The van der Waals surface area contributed by atoms with Crippen LogP contribution in [0.5, 0.6) is 0 Å². The zero-order chi connectivity index (χ0) is 18.8. The molecule has 0 saturated carbocycles. The van der Waals surface area contributed by atoms with Gasteiger partial charge in [-0.3, -0.25) is 9.48 Å². The van der Waals surface area contributed by atoms with E-state index in [-0.39, 0.29) is 11.6 Å². The highest BCUT2D eigenvalue weighted by molar-refractivity contribution is 7.17. The fraction of sp³-hybridized carbons (Fsp3) is 0.353. The summed E-state index contributed by atoms with van der Waals surface area (Å²) in [7, 11) is 1.70. The Hall–Kier alpha value is -3.03. The third-order valence-electron chi connectivity index (χ3n) is 4.36. The van der Waals surface area contributed by atoms with Crippen LogP contribution in [0.25, 0.3) is 10.3 Å². The maximum Gasteiger partial charge on any atom is 0.258 e. The minimum absolute atomic E-state index is 0.175. The van der Waals surface area contributed by atoms with E-state index >= 15 is 0 Å². The molecule has 1 saturated heterocycles. The summed E-state index contributed by atoms with van der Waals surface area (Å²) in [6.45, 7) is 3.65. The molecule has 0 aromatic carbocycles. The van der Waals surface area contributed by atoms with Crippen molar-refractivity contribution in [2.24, 2.45) is 7.05 Å². The summed E-state index contributed by atoms with van der Waals surface area (Å²) in [5.41, 5.74) is 1.58. The third-order valence-corrected chi connectivity index (χ3v) is 5.24. The van der Waals surface area contributed by atoms with Crippen LogP contribution in [0.2, 0.25) is 0 Å². The average molecular weight is 382 g/mol. The second-order valence-electron chi connectivity index (χ2n) is 6.25. The predicted molar refractivity (Wildman–Crippen MR) is 103 cm³/mol. The van der Waals surface area contributed by atoms with Crippen LogP contribution in [0.15, 0.2) is 17.8 Å². The molecule has 2 N–H and O–H groups in total. The van der Waals surface area contributed by atoms with Gasteiger partial charge in [-0.2, -0.15) is 10.4 Å². The number of anilines is 2. The molecule has 1 aliphatic rings. The van der Waals surface area contributed by atoms with E-state index in [0.29, 0.717) is 21.6 Å². The van der Waals surface area contributed by atoms with E-state index in [1.165, 1.54) is 16.0 Å². The number of hydrogen-bond donors (Lipinski definition) is 2. The fourth-order valence-corrected chi connectivity index (χ4v) is 3.87. The molecule has 4 heterocycles. The molecule has 1 aliphatic heterocycles. The lowest BCUT2D eigenvalue weighted by Crippen LogP contribution is -2.28. The van der Waals surface area contributed by atoms with Crippen LogP contribution >= 0.6 is 11.3 Å². The first-order chi connectivity index (χ1) is 13.2. The number of nitriles is 1. The molecular weight excluding hydrogens is 364 g/mol. The Labute approximate surface area is 159 Å². The molecule has 1 amide bonds. The molecule has 0 aliphatic carbocycles. The average Bonchev–Trinajstić information content (AvgIpc) is 3.13. The number of thiophene rings is 1. The second-order valence-corrected chi connectivity index (χ2v) is 7.11. The van der Waals surface area contributed by atoms with Crippen LogP contribution in [-0.4, -0.2) is 51.8 Å². The first kappa shape index (κ1) is 17.4. The molecule has 3 aromatic heterocycles. The zero-order valence-electron chi connectivity index (χ0n) is 14.8. The Morgan fingerprint density at radius 3 is 3.15 bits per heavy atom. The Bertz CT molecular complexity index is 1030. The van der Waals surface area contributed by atoms with Gasteiger partial charge in [-0.1, -0.05) is 0 Å². The van der Waals surface area contributed by atoms with Gasteiger partial charge in [-0.25, -0.2) is 9.97 Å². The number of aromatic nitrogens is 4. The Morgan fingerprint density at radius 2 is 2.30 bits per heavy atom. The van der Waals surface area contributed by atoms with Crippen molar-refractivity contribution < 1.29 is 4.79 Å². The van der Waals surface area contributed by atoms with Gasteiger partial charge in [0, 0.05) is 38.3 Å². The lowest BCUT2D eigenvalue weighted by molar-refractivity contribution is 0.102. The van der Waals surface area contributed by atoms with Gasteiger partial charge in [0.1, 0.15) is 22.2 Å². The van der Waals surface area contributed by atoms with Crippen molar-refractivity contribution in [1.29, 1.82) is 5.26 Å². The molecule has 0 bridgehead atoms. The van der Waals surface area contributed by atoms with E-state index < -0.39 is 0 Å². The molecular formula is C17H18N8OS. The van der Waals surface area contributed by atoms with Crippen molar-refractivity contribution in [2.45, 2.75) is 6.42 Å². The first-order valence-corrected chi connectivity index (χ1v) is 9.48. The molecule has 0 atom stereocenters. The summed E-state index contributed by atoms with van der Waals surface area (Å²) >= 11 is 1.38. The predicted octanol–water partition coefficient (Wildman–Crippen LogP) is 1.35. The number of nitrogens with zero attached hydrogens (tertiary/aromatic N) is 6. The quantitative estimate of drug-likeness (QED) is 0.703. The number of aryl methyl sites for hydroxylation is 1. The smallest absolute Gasteiger partial charge is 0.258 e. The van der Waals surface area contributed by atoms with Crippen molar-refractivity contribution in [3.63, 3.8) is 0 Å². The molecule has 10 heteroatoms. The molecule has 3 aromatic rings. The largest absolute Gasteiger partial charge is 0.354 e. The third kappa shape index (κ3) is 3.47. The van der Waals surface area contributed by atoms with Crippen LogP contribution in [-0.2, 0) is 7.05 Å². The lowest BCUT2D eigenvalue weighted by Gasteiger charge is -2.20. The first-order valence-electron chi connectivity index (χ1n) is 8.60. The molecule has 0 unspecified atom stereocenters. The monoisotopic (exact) mass is 382 g/mol. The minimum atomic E-state index is -0.324. The lowest BCUT2D eigenvalue weighted by atomic mass is 10.2. The highest BCUT2D eigenvalue weighted by atomic mass is 32.1. The molecule has 0 spiro atoms. The Balaban J connectivity index is 1.64. The van der Waals surface area contributed by atoms with Crippen LogP contribution in [0, 0.1) is 11.3 Å². The number of fused-ring (bicyclic) bond motifs is 1. The Morgan fingerprint density at radius 1 is 1.41 bits per heavy atom. The van der Waals surface area contributed by atoms with Crippen molar-refractivity contribution in [1.82, 2.24) is 25.1 Å². The van der Waals surface area contributed by atoms with Crippen molar-refractivity contribution >= 4 is 39.1 Å². The summed E-state index contributed by atoms with van der Waals surface area (Å²) in [6, 6.07) is 1.98. The summed E-state index contributed by atoms with van der Waals surface area (Å²) in [5, 5.41) is 21.0. The number of carbonyl (C=O) groups excluding carboxylic acids is 1. The summed E-state index contributed by atoms with van der Waals surface area (Å²) < 4.78 is 1.49. The standard InChI is InChI=1S/C17H18N8OS/c1-24-9-13(12(7-18)23-24)21-16(26)11-10-27-17-15(11)22-14(8-20-17)25-5-2-3-19-4-6-25/h8-10,19H,2-6H2,1H3,(H,21,26). The van der Waals surface area contributed by atoms with Crippen molar-refractivity contribution in [3.05, 3.63) is 29.0 Å². The number of nitrogens with one attached hydrogen (secondary N) is 2. The van der Waals surface area contributed by atoms with Gasteiger partial charge in [-0.15, -0.1) is 11.3 Å². The van der Waals surface area contributed by atoms with E-state index in [9.17, 15) is 4.79 Å². The normalized spacial score (nSPS) is 14.7. The minimum Gasteiger partial charge on any atom is -0.354 e. The number of carbonyl (C=O) groups is 1. The van der Waals surface area contributed by atoms with Crippen LogP contribution in [0.3, 0.4) is 0 Å². The maximum absolute atomic E-state index is 12.8. The van der Waals surface area contributed by atoms with E-state index in [4.69, 9.17) is 10.2 Å². The number of hydrogen-bond acceptors (Lipinski definition) is 8. The van der Waals surface area contributed by atoms with Crippen LogP contribution in [0.4, 0.5) is 11.5 Å². The SMILES string of the molecule is Cn1cc(NC(=O)c2csc3ncc(N4CCCNCC4)nc23)c(C#N)n1. The van der Waals surface area contributed by atoms with Gasteiger partial charge in [0.05, 0.1) is 17.4 Å². The molecule has 0 radical (unpaired) electrons. The van der Waals surface area contributed by atoms with Crippen LogP contribution in [0.1, 0.15) is 22.5 Å². The Kier molecular flexibility index (Phi) is 4.70. The molecule has 138 valence electrons. The van der Waals surface area contributed by atoms with Gasteiger partial charge < -0.3 is 15.5 Å². The number of rotatable bonds is 3. The van der Waals surface area contributed by atoms with Gasteiger partial charge in [0.25, 0.3) is 5.91 Å². The zero-order valence-corrected chi connectivity index (χ0v) is 15.6. The topological polar surface area (TPSA) is 112 Å². The highest BCUT2D eigenvalue weighted by Gasteiger charge is 2.19. The molecule has 9 nitrogen and oxygen atoms in total. The van der Waals surface area contributed by atoms with Gasteiger partial charge in [0.15, 0.2) is 5.69 Å². The van der Waals surface area contributed by atoms with E-state index in [2.05, 4.69) is 25.6 Å².